The molecule has 0 aliphatic carbocycles. The van der Waals surface area contributed by atoms with E-state index in [0.717, 1.165) is 12.0 Å². The van der Waals surface area contributed by atoms with Crippen LogP contribution in [0.2, 0.25) is 0 Å². The van der Waals surface area contributed by atoms with Gasteiger partial charge in [0.2, 0.25) is 5.91 Å². The highest BCUT2D eigenvalue weighted by atomic mass is 16.6. The first-order valence-corrected chi connectivity index (χ1v) is 11.5. The maximum atomic E-state index is 12.7. The van der Waals surface area contributed by atoms with Crippen LogP contribution in [0.25, 0.3) is 0 Å². The maximum Gasteiger partial charge on any atom is 0.223 e. The fourth-order valence-electron chi connectivity index (χ4n) is 4.25. The van der Waals surface area contributed by atoms with Gasteiger partial charge in [0.25, 0.3) is 0 Å². The minimum atomic E-state index is -0.674. The number of carbonyl (C=O) groups is 1. The van der Waals surface area contributed by atoms with E-state index in [-0.39, 0.29) is 18.6 Å². The first-order chi connectivity index (χ1) is 16.0. The Balaban J connectivity index is 1.57. The molecule has 1 aromatic rings. The minimum Gasteiger partial charge on any atom is -0.485 e. The van der Waals surface area contributed by atoms with Crippen LogP contribution in [0.5, 0.6) is 5.75 Å². The van der Waals surface area contributed by atoms with Gasteiger partial charge in [0.05, 0.1) is 70.5 Å². The fourth-order valence-corrected chi connectivity index (χ4v) is 4.25. The molecule has 1 fully saturated rings. The molecule has 2 aliphatic rings. The number of hydrogen-bond acceptors (Lipinski definition) is 8. The lowest BCUT2D eigenvalue weighted by atomic mass is 9.84. The third kappa shape index (κ3) is 6.65. The van der Waals surface area contributed by atoms with Gasteiger partial charge in [0.1, 0.15) is 17.5 Å². The van der Waals surface area contributed by atoms with Gasteiger partial charge < -0.3 is 33.7 Å². The van der Waals surface area contributed by atoms with Crippen LogP contribution in [0.1, 0.15) is 43.9 Å². The van der Waals surface area contributed by atoms with Crippen molar-refractivity contribution in [3.8, 4) is 11.8 Å². The molecule has 3 rings (SSSR count). The molecule has 2 atom stereocenters. The highest BCUT2D eigenvalue weighted by molar-refractivity contribution is 5.79. The zero-order valence-corrected chi connectivity index (χ0v) is 19.5. The lowest BCUT2D eigenvalue weighted by Crippen LogP contribution is -2.55. The number of nitriles is 1. The lowest BCUT2D eigenvalue weighted by Gasteiger charge is -2.47. The average Bonchev–Trinajstić information content (AvgIpc) is 3.22. The second kappa shape index (κ2) is 12.3. The highest BCUT2D eigenvalue weighted by Crippen LogP contribution is 2.45. The van der Waals surface area contributed by atoms with Gasteiger partial charge in [-0.15, -0.1) is 0 Å². The lowest BCUT2D eigenvalue weighted by molar-refractivity contribution is -0.151. The van der Waals surface area contributed by atoms with Gasteiger partial charge in [-0.25, -0.2) is 0 Å². The van der Waals surface area contributed by atoms with Crippen LogP contribution in [-0.2, 0) is 23.7 Å². The van der Waals surface area contributed by atoms with E-state index in [9.17, 15) is 10.1 Å². The zero-order valence-electron chi connectivity index (χ0n) is 19.5. The van der Waals surface area contributed by atoms with Crippen molar-refractivity contribution in [1.29, 1.82) is 5.26 Å². The molecule has 0 aromatic heterocycles. The topological polar surface area (TPSA) is 110 Å². The summed E-state index contributed by atoms with van der Waals surface area (Å²) in [4.78, 5) is 14.5. The summed E-state index contributed by atoms with van der Waals surface area (Å²) in [5, 5.41) is 18.0. The second-order valence-electron chi connectivity index (χ2n) is 8.56. The van der Waals surface area contributed by atoms with E-state index in [2.05, 4.69) is 6.07 Å². The van der Waals surface area contributed by atoms with E-state index in [0.29, 0.717) is 70.5 Å². The van der Waals surface area contributed by atoms with E-state index in [4.69, 9.17) is 28.8 Å². The van der Waals surface area contributed by atoms with Gasteiger partial charge in [-0.3, -0.25) is 4.79 Å². The number of ether oxygens (including phenoxy) is 5. The number of nitrogens with zero attached hydrogens (tertiary/aromatic N) is 2. The molecule has 33 heavy (non-hydrogen) atoms. The molecule has 1 saturated heterocycles. The molecule has 1 aromatic carbocycles. The Kier molecular flexibility index (Phi) is 9.47. The van der Waals surface area contributed by atoms with Crippen LogP contribution >= 0.6 is 0 Å². The Morgan fingerprint density at radius 1 is 1.12 bits per heavy atom. The molecule has 2 heterocycles. The predicted molar refractivity (Wildman–Crippen MR) is 119 cm³/mol. The number of hydrogen-bond donors (Lipinski definition) is 1. The third-order valence-corrected chi connectivity index (χ3v) is 5.75. The van der Waals surface area contributed by atoms with Gasteiger partial charge in [-0.05, 0) is 38.5 Å². The van der Waals surface area contributed by atoms with Crippen LogP contribution < -0.4 is 4.74 Å². The first-order valence-electron chi connectivity index (χ1n) is 11.5. The normalized spacial score (nSPS) is 21.5. The number of benzene rings is 1. The SMILES string of the molecule is CC1(C)Oc2ccc(C#N)cc2[C@@H](N2CCCC2=O)[C@@H]1OCCOCCOCCOCCO. The van der Waals surface area contributed by atoms with E-state index in [1.807, 2.05) is 18.7 Å². The molecule has 0 bridgehead atoms. The van der Waals surface area contributed by atoms with Gasteiger partial charge in [0, 0.05) is 18.5 Å². The van der Waals surface area contributed by atoms with Crippen LogP contribution in [0.3, 0.4) is 0 Å². The monoisotopic (exact) mass is 462 g/mol. The van der Waals surface area contributed by atoms with E-state index in [1.54, 1.807) is 18.2 Å². The molecule has 182 valence electrons. The van der Waals surface area contributed by atoms with Crippen molar-refractivity contribution in [3.63, 3.8) is 0 Å². The number of amides is 1. The molecule has 0 saturated carbocycles. The van der Waals surface area contributed by atoms with Crippen molar-refractivity contribution in [2.75, 3.05) is 59.4 Å². The molecule has 1 N–H and O–H groups in total. The summed E-state index contributed by atoms with van der Waals surface area (Å²) >= 11 is 0. The van der Waals surface area contributed by atoms with E-state index < -0.39 is 11.7 Å². The number of likely N-dealkylation sites (tertiary alicyclic amines) is 1. The fraction of sp³-hybridized carbons (Fsp3) is 0.667. The summed E-state index contributed by atoms with van der Waals surface area (Å²) in [5.74, 6) is 0.774. The van der Waals surface area contributed by atoms with E-state index >= 15 is 0 Å². The smallest absolute Gasteiger partial charge is 0.223 e. The third-order valence-electron chi connectivity index (χ3n) is 5.75. The van der Waals surface area contributed by atoms with Crippen molar-refractivity contribution >= 4 is 5.91 Å². The molecule has 9 nitrogen and oxygen atoms in total. The molecule has 2 aliphatic heterocycles. The Hall–Kier alpha value is -2.22. The van der Waals surface area contributed by atoms with Crippen molar-refractivity contribution in [2.45, 2.75) is 44.4 Å². The van der Waals surface area contributed by atoms with Gasteiger partial charge >= 0.3 is 0 Å². The molecule has 0 radical (unpaired) electrons. The van der Waals surface area contributed by atoms with E-state index in [1.165, 1.54) is 0 Å². The number of aliphatic hydroxyl groups is 1. The highest BCUT2D eigenvalue weighted by Gasteiger charge is 2.49. The van der Waals surface area contributed by atoms with Crippen LogP contribution in [0.15, 0.2) is 18.2 Å². The van der Waals surface area contributed by atoms with Crippen molar-refractivity contribution in [1.82, 2.24) is 4.90 Å². The average molecular weight is 463 g/mol. The number of carbonyl (C=O) groups excluding carboxylic acids is 1. The standard InChI is InChI=1S/C24H34N2O7/c1-24(2)23(32-15-14-31-13-12-30-11-10-29-9-8-27)22(26-7-3-4-21(26)28)19-16-18(17-25)5-6-20(19)33-24/h5-6,16,22-23,27H,3-4,7-15H2,1-2H3/t22-,23+/m1/s1. The van der Waals surface area contributed by atoms with Crippen molar-refractivity contribution in [3.05, 3.63) is 29.3 Å². The maximum absolute atomic E-state index is 12.7. The first kappa shape index (κ1) is 25.4. The summed E-state index contributed by atoms with van der Waals surface area (Å²) in [7, 11) is 0. The Labute approximate surface area is 195 Å². The summed E-state index contributed by atoms with van der Waals surface area (Å²) < 4.78 is 28.6. The van der Waals surface area contributed by atoms with Crippen LogP contribution in [0.4, 0.5) is 0 Å². The Bertz CT molecular complexity index is 824. The summed E-state index contributed by atoms with van der Waals surface area (Å²) in [5.41, 5.74) is 0.663. The zero-order chi connectivity index (χ0) is 23.7. The van der Waals surface area contributed by atoms with Gasteiger partial charge in [-0.2, -0.15) is 5.26 Å². The van der Waals surface area contributed by atoms with Crippen LogP contribution in [-0.4, -0.2) is 87.0 Å². The quantitative estimate of drug-likeness (QED) is 0.442. The Morgan fingerprint density at radius 3 is 2.39 bits per heavy atom. The summed E-state index contributed by atoms with van der Waals surface area (Å²) in [6.45, 7) is 7.35. The second-order valence-corrected chi connectivity index (χ2v) is 8.56. The molecule has 0 spiro atoms. The predicted octanol–water partition coefficient (Wildman–Crippen LogP) is 1.82. The van der Waals surface area contributed by atoms with Gasteiger partial charge in [-0.1, -0.05) is 0 Å². The molecular weight excluding hydrogens is 428 g/mol. The number of fused-ring (bicyclic) bond motifs is 1. The summed E-state index contributed by atoms with van der Waals surface area (Å²) in [6.07, 6.45) is 0.918. The minimum absolute atomic E-state index is 0.00377. The van der Waals surface area contributed by atoms with Crippen molar-refractivity contribution < 1.29 is 33.6 Å². The molecule has 9 heteroatoms. The molecular formula is C24H34N2O7. The number of rotatable bonds is 13. The largest absolute Gasteiger partial charge is 0.485 e. The van der Waals surface area contributed by atoms with Gasteiger partial charge in [0.15, 0.2) is 0 Å². The number of aliphatic hydroxyl groups excluding tert-OH is 1. The summed E-state index contributed by atoms with van der Waals surface area (Å²) in [6, 6.07) is 7.18. The van der Waals surface area contributed by atoms with Crippen LogP contribution in [0, 0.1) is 11.3 Å². The van der Waals surface area contributed by atoms with Crippen molar-refractivity contribution in [2.24, 2.45) is 0 Å². The molecule has 1 amide bonds. The Morgan fingerprint density at radius 2 is 1.79 bits per heavy atom. The molecule has 0 unspecified atom stereocenters.